The molecule has 16 heavy (non-hydrogen) atoms. The summed E-state index contributed by atoms with van der Waals surface area (Å²) in [5, 5.41) is 0. The van der Waals surface area contributed by atoms with Crippen LogP contribution in [0.4, 0.5) is 13.2 Å². The van der Waals surface area contributed by atoms with Crippen molar-refractivity contribution in [1.82, 2.24) is 0 Å². The van der Waals surface area contributed by atoms with E-state index in [-0.39, 0.29) is 40.4 Å². The molecule has 0 aromatic heterocycles. The van der Waals surface area contributed by atoms with E-state index in [2.05, 4.69) is 0 Å². The standard InChI is InChI=1S/C9H9F3O2S.Li.H/c10-3-6-1-7(4-11)8(5-12)9(2-6)15(13)14;;/h1-2,15H,3-5H2;;. The second kappa shape index (κ2) is 7.00. The van der Waals surface area contributed by atoms with Crippen molar-refractivity contribution in [2.24, 2.45) is 0 Å². The molecule has 0 aliphatic rings. The van der Waals surface area contributed by atoms with Crippen LogP contribution in [0.3, 0.4) is 0 Å². The minimum absolute atomic E-state index is 0. The van der Waals surface area contributed by atoms with Crippen LogP contribution in [0.25, 0.3) is 0 Å². The summed E-state index contributed by atoms with van der Waals surface area (Å²) in [7, 11) is -3.04. The first-order valence-electron chi connectivity index (χ1n) is 4.11. The third kappa shape index (κ3) is 3.27. The van der Waals surface area contributed by atoms with E-state index in [4.69, 9.17) is 0 Å². The van der Waals surface area contributed by atoms with Crippen LogP contribution in [-0.4, -0.2) is 27.3 Å². The normalized spacial score (nSPS) is 10.2. The van der Waals surface area contributed by atoms with Crippen LogP contribution >= 0.6 is 0 Å². The molecule has 0 bridgehead atoms. The van der Waals surface area contributed by atoms with Gasteiger partial charge in [-0.2, -0.15) is 0 Å². The summed E-state index contributed by atoms with van der Waals surface area (Å²) in [4.78, 5) is -0.338. The third-order valence-electron chi connectivity index (χ3n) is 2.01. The summed E-state index contributed by atoms with van der Waals surface area (Å²) >= 11 is 0. The Hall–Kier alpha value is -0.443. The molecule has 0 saturated heterocycles. The average molecular weight is 246 g/mol. The fraction of sp³-hybridized carbons (Fsp3) is 0.333. The van der Waals surface area contributed by atoms with E-state index in [9.17, 15) is 21.6 Å². The molecule has 0 unspecified atom stereocenters. The molecular formula is C9H10F3LiO2S. The Bertz CT molecular complexity index is 427. The fourth-order valence-electron chi connectivity index (χ4n) is 1.29. The van der Waals surface area contributed by atoms with Gasteiger partial charge in [-0.3, -0.25) is 0 Å². The SMILES string of the molecule is O=[SH](=O)c1cc(CF)cc(CF)c1CF.[LiH]. The molecule has 0 aliphatic heterocycles. The van der Waals surface area contributed by atoms with E-state index in [0.29, 0.717) is 0 Å². The summed E-state index contributed by atoms with van der Waals surface area (Å²) in [5.41, 5.74) is -0.290. The number of hydrogen-bond acceptors (Lipinski definition) is 2. The molecular weight excluding hydrogens is 236 g/mol. The Balaban J connectivity index is 0.00000225. The predicted octanol–water partition coefficient (Wildman–Crippen LogP) is 1.42. The van der Waals surface area contributed by atoms with Gasteiger partial charge in [0.2, 0.25) is 0 Å². The predicted molar refractivity (Wildman–Crippen MR) is 56.6 cm³/mol. The zero-order valence-electron chi connectivity index (χ0n) is 7.67. The number of thiol groups is 1. The average Bonchev–Trinajstić information content (AvgIpc) is 2.26. The van der Waals surface area contributed by atoms with Crippen LogP contribution in [0.5, 0.6) is 0 Å². The Morgan fingerprint density at radius 2 is 1.62 bits per heavy atom. The molecule has 0 aliphatic carbocycles. The van der Waals surface area contributed by atoms with E-state index >= 15 is 0 Å². The van der Waals surface area contributed by atoms with Crippen molar-refractivity contribution < 1.29 is 21.6 Å². The van der Waals surface area contributed by atoms with Crippen molar-refractivity contribution in [3.8, 4) is 0 Å². The molecule has 1 rings (SSSR count). The van der Waals surface area contributed by atoms with Gasteiger partial charge in [-0.1, -0.05) is 6.07 Å². The first-order chi connectivity index (χ1) is 7.13. The molecule has 7 heteroatoms. The summed E-state index contributed by atoms with van der Waals surface area (Å²) in [6.45, 7) is -3.00. The van der Waals surface area contributed by atoms with E-state index in [1.165, 1.54) is 0 Å². The Morgan fingerprint density at radius 1 is 1.00 bits per heavy atom. The third-order valence-corrected chi connectivity index (χ3v) is 2.80. The monoisotopic (exact) mass is 246 g/mol. The molecule has 0 fully saturated rings. The first kappa shape index (κ1) is 15.6. The number of benzene rings is 1. The van der Waals surface area contributed by atoms with Crippen molar-refractivity contribution in [1.29, 1.82) is 0 Å². The maximum absolute atomic E-state index is 12.5. The van der Waals surface area contributed by atoms with Crippen molar-refractivity contribution >= 4 is 29.6 Å². The van der Waals surface area contributed by atoms with Gasteiger partial charge in [0.15, 0.2) is 10.7 Å². The van der Waals surface area contributed by atoms with Gasteiger partial charge in [-0.15, -0.1) is 0 Å². The van der Waals surface area contributed by atoms with Gasteiger partial charge in [-0.05, 0) is 17.2 Å². The summed E-state index contributed by atoms with van der Waals surface area (Å²) in [6, 6.07) is 2.16. The van der Waals surface area contributed by atoms with Crippen LogP contribution in [0, 0.1) is 0 Å². The van der Waals surface area contributed by atoms with Gasteiger partial charge in [0.25, 0.3) is 0 Å². The zero-order valence-corrected chi connectivity index (χ0v) is 8.57. The molecule has 0 saturated carbocycles. The first-order valence-corrected chi connectivity index (χ1v) is 5.28. The molecule has 0 N–H and O–H groups in total. The molecule has 0 atom stereocenters. The van der Waals surface area contributed by atoms with Crippen LogP contribution in [0.15, 0.2) is 17.0 Å². The fourth-order valence-corrected chi connectivity index (χ4v) is 1.99. The van der Waals surface area contributed by atoms with Gasteiger partial charge < -0.3 is 0 Å². The van der Waals surface area contributed by atoms with Gasteiger partial charge in [0.05, 0.1) is 4.90 Å². The topological polar surface area (TPSA) is 34.1 Å². The Morgan fingerprint density at radius 3 is 2.00 bits per heavy atom. The van der Waals surface area contributed by atoms with Gasteiger partial charge in [0, 0.05) is 5.56 Å². The van der Waals surface area contributed by atoms with Crippen molar-refractivity contribution in [3.05, 3.63) is 28.8 Å². The molecule has 1 aromatic rings. The van der Waals surface area contributed by atoms with Gasteiger partial charge in [0.1, 0.15) is 20.0 Å². The number of hydrogen-bond donors (Lipinski definition) is 1. The number of rotatable bonds is 4. The van der Waals surface area contributed by atoms with Crippen LogP contribution in [0.1, 0.15) is 16.7 Å². The minimum atomic E-state index is -3.04. The van der Waals surface area contributed by atoms with E-state index < -0.39 is 30.7 Å². The molecule has 2 nitrogen and oxygen atoms in total. The number of alkyl halides is 3. The van der Waals surface area contributed by atoms with E-state index in [1.54, 1.807) is 0 Å². The molecule has 1 aromatic carbocycles. The van der Waals surface area contributed by atoms with Gasteiger partial charge in [-0.25, -0.2) is 21.6 Å². The van der Waals surface area contributed by atoms with Crippen LogP contribution in [0.2, 0.25) is 0 Å². The summed E-state index contributed by atoms with van der Waals surface area (Å²) in [6.07, 6.45) is 0. The second-order valence-electron chi connectivity index (χ2n) is 2.91. The van der Waals surface area contributed by atoms with E-state index in [0.717, 1.165) is 12.1 Å². The van der Waals surface area contributed by atoms with Crippen molar-refractivity contribution in [2.75, 3.05) is 0 Å². The summed E-state index contributed by atoms with van der Waals surface area (Å²) < 4.78 is 58.7. The van der Waals surface area contributed by atoms with Gasteiger partial charge >= 0.3 is 18.9 Å². The quantitative estimate of drug-likeness (QED) is 0.644. The molecule has 0 spiro atoms. The van der Waals surface area contributed by atoms with Crippen molar-refractivity contribution in [2.45, 2.75) is 24.9 Å². The van der Waals surface area contributed by atoms with Crippen LogP contribution < -0.4 is 0 Å². The van der Waals surface area contributed by atoms with E-state index in [1.807, 2.05) is 0 Å². The van der Waals surface area contributed by atoms with Crippen molar-refractivity contribution in [3.63, 3.8) is 0 Å². The molecule has 0 heterocycles. The Kier molecular flexibility index (Phi) is 6.80. The molecule has 0 amide bonds. The molecule has 86 valence electrons. The maximum atomic E-state index is 12.5. The molecule has 0 radical (unpaired) electrons. The second-order valence-corrected chi connectivity index (χ2v) is 3.91. The zero-order chi connectivity index (χ0) is 11.4. The summed E-state index contributed by atoms with van der Waals surface area (Å²) in [5.74, 6) is 0. The Labute approximate surface area is 105 Å². The number of halogens is 3. The van der Waals surface area contributed by atoms with Crippen LogP contribution in [-0.2, 0) is 30.7 Å².